The van der Waals surface area contributed by atoms with Crippen LogP contribution in [0, 0.1) is 6.92 Å². The summed E-state index contributed by atoms with van der Waals surface area (Å²) in [6.45, 7) is 4.50. The first kappa shape index (κ1) is 16.9. The third-order valence-electron chi connectivity index (χ3n) is 3.71. The van der Waals surface area contributed by atoms with E-state index in [1.807, 2.05) is 4.90 Å². The molecule has 1 N–H and O–H groups in total. The molecule has 0 atom stereocenters. The van der Waals surface area contributed by atoms with Crippen molar-refractivity contribution >= 4 is 40.6 Å². The van der Waals surface area contributed by atoms with E-state index in [-0.39, 0.29) is 18.4 Å². The number of anilines is 1. The number of nitrogens with zero attached hydrogens (tertiary/aromatic N) is 3. The Kier molecular flexibility index (Phi) is 5.17. The third kappa shape index (κ3) is 4.14. The Hall–Kier alpha value is -1.90. The predicted molar refractivity (Wildman–Crippen MR) is 91.5 cm³/mol. The lowest BCUT2D eigenvalue weighted by molar-refractivity contribution is -0.117. The van der Waals surface area contributed by atoms with Gasteiger partial charge in [0.25, 0.3) is 5.91 Å². The highest BCUT2D eigenvalue weighted by Gasteiger charge is 2.24. The first-order chi connectivity index (χ1) is 11.5. The standard InChI is InChI=1S/C15H17ClN4O3S/c1-10-8-13(18-23-10)17-14(21)9-19-4-6-20(7-5-19)15(22)11-2-3-12(16)24-11/h2-3,8H,4-7,9H2,1H3,(H,17,18,21). The SMILES string of the molecule is Cc1cc(NC(=O)CN2CCN(C(=O)c3ccc(Cl)s3)CC2)no1. The second kappa shape index (κ2) is 7.33. The summed E-state index contributed by atoms with van der Waals surface area (Å²) in [7, 11) is 0. The second-order valence-corrected chi connectivity index (χ2v) is 7.26. The van der Waals surface area contributed by atoms with Crippen molar-refractivity contribution in [3.05, 3.63) is 33.2 Å². The highest BCUT2D eigenvalue weighted by Crippen LogP contribution is 2.23. The van der Waals surface area contributed by atoms with Crippen LogP contribution in [0.15, 0.2) is 22.7 Å². The quantitative estimate of drug-likeness (QED) is 0.894. The molecule has 1 fully saturated rings. The lowest BCUT2D eigenvalue weighted by Crippen LogP contribution is -2.50. The fourth-order valence-corrected chi connectivity index (χ4v) is 3.52. The highest BCUT2D eigenvalue weighted by atomic mass is 35.5. The molecule has 0 radical (unpaired) electrons. The Labute approximate surface area is 148 Å². The maximum atomic E-state index is 12.3. The molecule has 128 valence electrons. The molecule has 0 unspecified atom stereocenters. The van der Waals surface area contributed by atoms with Gasteiger partial charge in [-0.25, -0.2) is 0 Å². The molecule has 0 saturated carbocycles. The first-order valence-corrected chi connectivity index (χ1v) is 8.71. The Morgan fingerprint density at radius 1 is 1.33 bits per heavy atom. The maximum Gasteiger partial charge on any atom is 0.264 e. The van der Waals surface area contributed by atoms with Gasteiger partial charge in [-0.15, -0.1) is 11.3 Å². The zero-order valence-electron chi connectivity index (χ0n) is 13.1. The van der Waals surface area contributed by atoms with E-state index in [2.05, 4.69) is 10.5 Å². The van der Waals surface area contributed by atoms with Crippen LogP contribution in [-0.2, 0) is 4.79 Å². The predicted octanol–water partition coefficient (Wildman–Crippen LogP) is 2.09. The summed E-state index contributed by atoms with van der Waals surface area (Å²) in [5, 5.41) is 6.43. The molecule has 0 spiro atoms. The van der Waals surface area contributed by atoms with E-state index in [0.717, 1.165) is 0 Å². The van der Waals surface area contributed by atoms with Gasteiger partial charge in [0.1, 0.15) is 5.76 Å². The molecule has 9 heteroatoms. The fraction of sp³-hybridized carbons (Fsp3) is 0.400. The summed E-state index contributed by atoms with van der Waals surface area (Å²) in [5.41, 5.74) is 0. The van der Waals surface area contributed by atoms with E-state index >= 15 is 0 Å². The largest absolute Gasteiger partial charge is 0.360 e. The van der Waals surface area contributed by atoms with Crippen LogP contribution in [0.2, 0.25) is 4.34 Å². The number of hydrogen-bond acceptors (Lipinski definition) is 6. The zero-order chi connectivity index (χ0) is 17.1. The second-order valence-electron chi connectivity index (χ2n) is 5.54. The van der Waals surface area contributed by atoms with Gasteiger partial charge in [0.2, 0.25) is 5.91 Å². The summed E-state index contributed by atoms with van der Waals surface area (Å²) < 4.78 is 5.52. The van der Waals surface area contributed by atoms with Gasteiger partial charge in [-0.2, -0.15) is 0 Å². The van der Waals surface area contributed by atoms with E-state index in [0.29, 0.717) is 47.0 Å². The van der Waals surface area contributed by atoms with E-state index in [1.165, 1.54) is 11.3 Å². The number of aryl methyl sites for hydroxylation is 1. The summed E-state index contributed by atoms with van der Waals surface area (Å²) in [6, 6.07) is 5.14. The molecule has 0 aromatic carbocycles. The lowest BCUT2D eigenvalue weighted by atomic mass is 10.3. The average Bonchev–Trinajstić information content (AvgIpc) is 3.16. The number of halogens is 1. The van der Waals surface area contributed by atoms with Gasteiger partial charge in [0.15, 0.2) is 5.82 Å². The van der Waals surface area contributed by atoms with E-state index in [9.17, 15) is 9.59 Å². The Morgan fingerprint density at radius 3 is 2.67 bits per heavy atom. The average molecular weight is 369 g/mol. The van der Waals surface area contributed by atoms with Crippen molar-refractivity contribution in [2.24, 2.45) is 0 Å². The van der Waals surface area contributed by atoms with Gasteiger partial charge in [-0.3, -0.25) is 14.5 Å². The number of carbonyl (C=O) groups is 2. The lowest BCUT2D eigenvalue weighted by Gasteiger charge is -2.34. The number of aromatic nitrogens is 1. The van der Waals surface area contributed by atoms with Crippen LogP contribution in [-0.4, -0.2) is 59.5 Å². The van der Waals surface area contributed by atoms with Gasteiger partial charge in [-0.05, 0) is 19.1 Å². The minimum absolute atomic E-state index is 0.00549. The van der Waals surface area contributed by atoms with Crippen molar-refractivity contribution in [2.75, 3.05) is 38.0 Å². The molecule has 2 amide bonds. The van der Waals surface area contributed by atoms with Crippen LogP contribution in [0.4, 0.5) is 5.82 Å². The monoisotopic (exact) mass is 368 g/mol. The van der Waals surface area contributed by atoms with Gasteiger partial charge >= 0.3 is 0 Å². The van der Waals surface area contributed by atoms with Gasteiger partial charge in [0.05, 0.1) is 15.8 Å². The van der Waals surface area contributed by atoms with Crippen LogP contribution in [0.5, 0.6) is 0 Å². The molecular weight excluding hydrogens is 352 g/mol. The fourth-order valence-electron chi connectivity index (χ4n) is 2.50. The Morgan fingerprint density at radius 2 is 2.08 bits per heavy atom. The van der Waals surface area contributed by atoms with E-state index < -0.39 is 0 Å². The van der Waals surface area contributed by atoms with Crippen LogP contribution < -0.4 is 5.32 Å². The van der Waals surface area contributed by atoms with Crippen molar-refractivity contribution in [3.8, 4) is 0 Å². The van der Waals surface area contributed by atoms with Gasteiger partial charge in [-0.1, -0.05) is 16.8 Å². The zero-order valence-corrected chi connectivity index (χ0v) is 14.7. The molecule has 24 heavy (non-hydrogen) atoms. The number of hydrogen-bond donors (Lipinski definition) is 1. The molecule has 2 aromatic rings. The number of thiophene rings is 1. The minimum Gasteiger partial charge on any atom is -0.360 e. The normalized spacial score (nSPS) is 15.5. The number of carbonyl (C=O) groups excluding carboxylic acids is 2. The van der Waals surface area contributed by atoms with Crippen molar-refractivity contribution in [1.29, 1.82) is 0 Å². The van der Waals surface area contributed by atoms with Crippen molar-refractivity contribution in [3.63, 3.8) is 0 Å². The van der Waals surface area contributed by atoms with Crippen molar-refractivity contribution in [2.45, 2.75) is 6.92 Å². The number of amides is 2. The number of rotatable bonds is 4. The molecule has 0 bridgehead atoms. The maximum absolute atomic E-state index is 12.3. The van der Waals surface area contributed by atoms with Crippen LogP contribution in [0.25, 0.3) is 0 Å². The minimum atomic E-state index is -0.145. The van der Waals surface area contributed by atoms with Gasteiger partial charge < -0.3 is 14.7 Å². The molecule has 3 rings (SSSR count). The Balaban J connectivity index is 1.46. The molecule has 1 aliphatic rings. The van der Waals surface area contributed by atoms with Gasteiger partial charge in [0, 0.05) is 32.2 Å². The summed E-state index contributed by atoms with van der Waals surface area (Å²) in [5.74, 6) is 0.911. The smallest absolute Gasteiger partial charge is 0.264 e. The molecule has 3 heterocycles. The molecule has 2 aromatic heterocycles. The first-order valence-electron chi connectivity index (χ1n) is 7.51. The molecule has 1 aliphatic heterocycles. The third-order valence-corrected chi connectivity index (χ3v) is 4.93. The summed E-state index contributed by atoms with van der Waals surface area (Å²) in [4.78, 5) is 28.8. The van der Waals surface area contributed by atoms with Crippen LogP contribution in [0.3, 0.4) is 0 Å². The summed E-state index contributed by atoms with van der Waals surface area (Å²) >= 11 is 7.16. The Bertz CT molecular complexity index is 737. The van der Waals surface area contributed by atoms with E-state index in [1.54, 1.807) is 30.0 Å². The van der Waals surface area contributed by atoms with Crippen LogP contribution >= 0.6 is 22.9 Å². The summed E-state index contributed by atoms with van der Waals surface area (Å²) in [6.07, 6.45) is 0. The van der Waals surface area contributed by atoms with E-state index in [4.69, 9.17) is 16.1 Å². The molecule has 1 saturated heterocycles. The molecular formula is C15H17ClN4O3S. The molecule has 0 aliphatic carbocycles. The van der Waals surface area contributed by atoms with Crippen LogP contribution in [0.1, 0.15) is 15.4 Å². The van der Waals surface area contributed by atoms with Crippen molar-refractivity contribution < 1.29 is 14.1 Å². The molecule has 7 nitrogen and oxygen atoms in total. The number of nitrogens with one attached hydrogen (secondary N) is 1. The number of piperazine rings is 1. The topological polar surface area (TPSA) is 78.7 Å². The highest BCUT2D eigenvalue weighted by molar-refractivity contribution is 7.17. The van der Waals surface area contributed by atoms with Crippen molar-refractivity contribution in [1.82, 2.24) is 15.0 Å².